The number of carbonyl (C=O) groups excluding carboxylic acids is 1. The Morgan fingerprint density at radius 2 is 2.00 bits per heavy atom. The summed E-state index contributed by atoms with van der Waals surface area (Å²) in [7, 11) is -1.17. The Kier molecular flexibility index (Phi) is 4.29. The summed E-state index contributed by atoms with van der Waals surface area (Å²) < 4.78 is 11.6. The number of nitrogens with zero attached hydrogens (tertiary/aromatic N) is 1. The van der Waals surface area contributed by atoms with Crippen LogP contribution in [0.5, 0.6) is 0 Å². The van der Waals surface area contributed by atoms with Crippen molar-refractivity contribution in [1.82, 2.24) is 4.98 Å². The summed E-state index contributed by atoms with van der Waals surface area (Å²) in [5.74, 6) is -0.366. The number of halogens is 1. The number of hydrogen-bond donors (Lipinski definition) is 1. The largest absolute Gasteiger partial charge is 0.320 e. The third-order valence-electron chi connectivity index (χ3n) is 2.40. The minimum absolute atomic E-state index is 0.251. The van der Waals surface area contributed by atoms with Gasteiger partial charge < -0.3 is 5.32 Å². The zero-order valence-corrected chi connectivity index (χ0v) is 11.7. The molecule has 4 nitrogen and oxygen atoms in total. The van der Waals surface area contributed by atoms with Crippen LogP contribution >= 0.6 is 11.6 Å². The Hall–Kier alpha value is -1.72. The van der Waals surface area contributed by atoms with Crippen LogP contribution in [0.3, 0.4) is 0 Å². The first-order chi connectivity index (χ1) is 9.08. The van der Waals surface area contributed by atoms with Crippen molar-refractivity contribution >= 4 is 34.0 Å². The quantitative estimate of drug-likeness (QED) is 0.947. The summed E-state index contributed by atoms with van der Waals surface area (Å²) in [4.78, 5) is 16.5. The lowest BCUT2D eigenvalue weighted by molar-refractivity contribution is 0.102. The molecule has 0 radical (unpaired) electrons. The topological polar surface area (TPSA) is 59.1 Å². The highest BCUT2D eigenvalue weighted by Crippen LogP contribution is 2.19. The molecule has 0 spiro atoms. The Morgan fingerprint density at radius 3 is 2.63 bits per heavy atom. The maximum atomic E-state index is 12.0. The van der Waals surface area contributed by atoms with E-state index in [9.17, 15) is 9.00 Å². The minimum atomic E-state index is -1.17. The van der Waals surface area contributed by atoms with Crippen molar-refractivity contribution in [2.75, 3.05) is 11.6 Å². The number of anilines is 1. The van der Waals surface area contributed by atoms with Crippen LogP contribution in [0.2, 0.25) is 5.02 Å². The molecule has 6 heteroatoms. The van der Waals surface area contributed by atoms with E-state index >= 15 is 0 Å². The van der Waals surface area contributed by atoms with Gasteiger partial charge in [0.1, 0.15) is 5.69 Å². The molecule has 0 bridgehead atoms. The molecular formula is C13H11ClN2O2S. The molecule has 2 aromatic rings. The monoisotopic (exact) mass is 294 g/mol. The van der Waals surface area contributed by atoms with Gasteiger partial charge in [0.15, 0.2) is 0 Å². The lowest BCUT2D eigenvalue weighted by atomic mass is 10.3. The van der Waals surface area contributed by atoms with Crippen molar-refractivity contribution < 1.29 is 9.00 Å². The first kappa shape index (κ1) is 13.7. The number of nitrogens with one attached hydrogen (secondary N) is 1. The minimum Gasteiger partial charge on any atom is -0.320 e. The van der Waals surface area contributed by atoms with Crippen molar-refractivity contribution in [2.45, 2.75) is 4.90 Å². The van der Waals surface area contributed by atoms with Gasteiger partial charge in [-0.2, -0.15) is 0 Å². The number of amides is 1. The van der Waals surface area contributed by atoms with E-state index in [1.54, 1.807) is 36.6 Å². The summed E-state index contributed by atoms with van der Waals surface area (Å²) in [6.07, 6.45) is 2.96. The molecule has 2 rings (SSSR count). The second-order valence-corrected chi connectivity index (χ2v) is 5.55. The third-order valence-corrected chi connectivity index (χ3v) is 3.60. The number of carbonyl (C=O) groups is 1. The van der Waals surface area contributed by atoms with Gasteiger partial charge in [-0.25, -0.2) is 4.98 Å². The second-order valence-electron chi connectivity index (χ2n) is 3.77. The van der Waals surface area contributed by atoms with E-state index in [0.717, 1.165) is 0 Å². The van der Waals surface area contributed by atoms with Crippen LogP contribution in [-0.2, 0) is 10.8 Å². The molecule has 1 atom stereocenters. The highest BCUT2D eigenvalue weighted by Gasteiger charge is 2.11. The number of para-hydroxylation sites is 1. The maximum Gasteiger partial charge on any atom is 0.274 e. The maximum absolute atomic E-state index is 12.0. The molecule has 0 aliphatic carbocycles. The molecule has 19 heavy (non-hydrogen) atoms. The Balaban J connectivity index is 2.24. The standard InChI is InChI=1S/C13H11ClN2O2S/c1-19(18)12-5-3-2-4-10(12)16-13(17)11-7-6-9(14)8-15-11/h2-8H,1H3,(H,16,17). The van der Waals surface area contributed by atoms with Gasteiger partial charge in [0.05, 0.1) is 26.4 Å². The van der Waals surface area contributed by atoms with E-state index in [-0.39, 0.29) is 11.6 Å². The van der Waals surface area contributed by atoms with Crippen LogP contribution in [-0.4, -0.2) is 21.4 Å². The fourth-order valence-corrected chi connectivity index (χ4v) is 2.33. The zero-order valence-electron chi connectivity index (χ0n) is 10.1. The van der Waals surface area contributed by atoms with Crippen LogP contribution in [0.4, 0.5) is 5.69 Å². The van der Waals surface area contributed by atoms with Crippen LogP contribution in [0.25, 0.3) is 0 Å². The van der Waals surface area contributed by atoms with E-state index in [1.807, 2.05) is 0 Å². The molecule has 0 aliphatic rings. The molecule has 0 saturated carbocycles. The van der Waals surface area contributed by atoms with Gasteiger partial charge in [0, 0.05) is 12.5 Å². The Labute approximate surface area is 118 Å². The Morgan fingerprint density at radius 1 is 1.26 bits per heavy atom. The van der Waals surface area contributed by atoms with Crippen molar-refractivity contribution in [3.05, 3.63) is 53.3 Å². The van der Waals surface area contributed by atoms with Crippen molar-refractivity contribution in [1.29, 1.82) is 0 Å². The van der Waals surface area contributed by atoms with Gasteiger partial charge in [-0.1, -0.05) is 23.7 Å². The van der Waals surface area contributed by atoms with Gasteiger partial charge in [-0.15, -0.1) is 0 Å². The second kappa shape index (κ2) is 5.95. The van der Waals surface area contributed by atoms with E-state index in [2.05, 4.69) is 10.3 Å². The molecule has 1 amide bonds. The van der Waals surface area contributed by atoms with Crippen molar-refractivity contribution in [3.63, 3.8) is 0 Å². The van der Waals surface area contributed by atoms with Crippen LogP contribution in [0.15, 0.2) is 47.5 Å². The van der Waals surface area contributed by atoms with Crippen LogP contribution < -0.4 is 5.32 Å². The predicted octanol–water partition coefficient (Wildman–Crippen LogP) is 2.72. The fourth-order valence-electron chi connectivity index (χ4n) is 1.52. The molecule has 1 N–H and O–H groups in total. The van der Waals surface area contributed by atoms with Crippen LogP contribution in [0.1, 0.15) is 10.5 Å². The van der Waals surface area contributed by atoms with E-state index in [1.165, 1.54) is 12.3 Å². The van der Waals surface area contributed by atoms with Crippen molar-refractivity contribution in [3.8, 4) is 0 Å². The number of rotatable bonds is 3. The molecule has 1 heterocycles. The molecule has 1 unspecified atom stereocenters. The number of hydrogen-bond acceptors (Lipinski definition) is 3. The summed E-state index contributed by atoms with van der Waals surface area (Å²) in [6, 6.07) is 10.1. The average Bonchev–Trinajstić information content (AvgIpc) is 2.39. The van der Waals surface area contributed by atoms with Crippen molar-refractivity contribution in [2.24, 2.45) is 0 Å². The first-order valence-corrected chi connectivity index (χ1v) is 7.37. The first-order valence-electron chi connectivity index (χ1n) is 5.43. The lowest BCUT2D eigenvalue weighted by Gasteiger charge is -2.08. The normalized spacial score (nSPS) is 11.9. The van der Waals surface area contributed by atoms with Gasteiger partial charge >= 0.3 is 0 Å². The summed E-state index contributed by atoms with van der Waals surface area (Å²) >= 11 is 5.71. The average molecular weight is 295 g/mol. The third kappa shape index (κ3) is 3.39. The predicted molar refractivity (Wildman–Crippen MR) is 76.0 cm³/mol. The molecule has 0 aliphatic heterocycles. The smallest absolute Gasteiger partial charge is 0.274 e. The lowest BCUT2D eigenvalue weighted by Crippen LogP contribution is -2.14. The van der Waals surface area contributed by atoms with Gasteiger partial charge in [0.25, 0.3) is 5.91 Å². The number of aromatic nitrogens is 1. The van der Waals surface area contributed by atoms with E-state index in [0.29, 0.717) is 15.6 Å². The zero-order chi connectivity index (χ0) is 13.8. The highest BCUT2D eigenvalue weighted by molar-refractivity contribution is 7.84. The molecule has 0 fully saturated rings. The number of benzene rings is 1. The fraction of sp³-hybridized carbons (Fsp3) is 0.0769. The Bertz CT molecular complexity index is 629. The molecular weight excluding hydrogens is 284 g/mol. The summed E-state index contributed by atoms with van der Waals surface area (Å²) in [5.41, 5.74) is 0.770. The SMILES string of the molecule is CS(=O)c1ccccc1NC(=O)c1ccc(Cl)cn1. The van der Waals surface area contributed by atoms with Crippen LogP contribution in [0, 0.1) is 0 Å². The number of pyridine rings is 1. The van der Waals surface area contributed by atoms with Gasteiger partial charge in [-0.05, 0) is 24.3 Å². The van der Waals surface area contributed by atoms with Gasteiger partial charge in [0.2, 0.25) is 0 Å². The van der Waals surface area contributed by atoms with E-state index in [4.69, 9.17) is 11.6 Å². The molecule has 0 saturated heterocycles. The molecule has 1 aromatic carbocycles. The van der Waals surface area contributed by atoms with Gasteiger partial charge in [-0.3, -0.25) is 9.00 Å². The summed E-state index contributed by atoms with van der Waals surface area (Å²) in [5, 5.41) is 3.15. The molecule has 98 valence electrons. The summed E-state index contributed by atoms with van der Waals surface area (Å²) in [6.45, 7) is 0. The molecule has 1 aromatic heterocycles. The highest BCUT2D eigenvalue weighted by atomic mass is 35.5. The van der Waals surface area contributed by atoms with E-state index < -0.39 is 10.8 Å².